The van der Waals surface area contributed by atoms with Crippen LogP contribution in [0.15, 0.2) is 29.6 Å². The molecule has 0 spiro atoms. The summed E-state index contributed by atoms with van der Waals surface area (Å²) in [6.07, 6.45) is -0.352. The maximum Gasteiger partial charge on any atom is 0.410 e. The SMILES string of the molecule is CN(CCOCc1ccccc1-c1csc(N)n1)C(=O)OC(C)(C)C. The maximum atomic E-state index is 11.9. The smallest absolute Gasteiger partial charge is 0.410 e. The fourth-order valence-corrected chi connectivity index (χ4v) is 2.69. The zero-order valence-corrected chi connectivity index (χ0v) is 15.9. The van der Waals surface area contributed by atoms with Gasteiger partial charge in [-0.05, 0) is 26.3 Å². The fraction of sp³-hybridized carbons (Fsp3) is 0.444. The molecule has 0 saturated carbocycles. The number of thiazole rings is 1. The number of likely N-dealkylation sites (N-methyl/N-ethyl adjacent to an activating group) is 1. The Labute approximate surface area is 152 Å². The van der Waals surface area contributed by atoms with E-state index in [0.717, 1.165) is 16.8 Å². The Bertz CT molecular complexity index is 710. The summed E-state index contributed by atoms with van der Waals surface area (Å²) in [7, 11) is 1.70. The minimum atomic E-state index is -0.499. The Kier molecular flexibility index (Phi) is 6.39. The summed E-state index contributed by atoms with van der Waals surface area (Å²) in [5.74, 6) is 0. The van der Waals surface area contributed by atoms with E-state index in [2.05, 4.69) is 4.98 Å². The number of carbonyl (C=O) groups is 1. The molecule has 0 fully saturated rings. The number of hydrogen-bond acceptors (Lipinski definition) is 6. The molecule has 0 saturated heterocycles. The number of amides is 1. The molecule has 1 aromatic heterocycles. The average Bonchev–Trinajstić information content (AvgIpc) is 2.96. The maximum absolute atomic E-state index is 11.9. The van der Waals surface area contributed by atoms with Crippen LogP contribution < -0.4 is 5.73 Å². The second-order valence-corrected chi connectivity index (χ2v) is 7.57. The van der Waals surface area contributed by atoms with Crippen molar-refractivity contribution in [1.29, 1.82) is 0 Å². The van der Waals surface area contributed by atoms with Gasteiger partial charge in [-0.1, -0.05) is 24.3 Å². The van der Waals surface area contributed by atoms with Crippen molar-refractivity contribution in [1.82, 2.24) is 9.88 Å². The number of benzene rings is 1. The molecule has 0 radical (unpaired) electrons. The summed E-state index contributed by atoms with van der Waals surface area (Å²) in [6, 6.07) is 7.93. The minimum Gasteiger partial charge on any atom is -0.444 e. The lowest BCUT2D eigenvalue weighted by molar-refractivity contribution is 0.0221. The predicted molar refractivity (Wildman–Crippen MR) is 100 cm³/mol. The van der Waals surface area contributed by atoms with Crippen LogP contribution in [0.2, 0.25) is 0 Å². The highest BCUT2D eigenvalue weighted by Gasteiger charge is 2.19. The summed E-state index contributed by atoms with van der Waals surface area (Å²) >= 11 is 1.42. The van der Waals surface area contributed by atoms with Gasteiger partial charge >= 0.3 is 6.09 Å². The van der Waals surface area contributed by atoms with Gasteiger partial charge in [0, 0.05) is 24.5 Å². The topological polar surface area (TPSA) is 77.7 Å². The van der Waals surface area contributed by atoms with E-state index < -0.39 is 5.60 Å². The highest BCUT2D eigenvalue weighted by molar-refractivity contribution is 7.13. The molecule has 0 aliphatic carbocycles. The molecule has 2 aromatic rings. The van der Waals surface area contributed by atoms with Crippen molar-refractivity contribution in [2.75, 3.05) is 25.9 Å². The summed E-state index contributed by atoms with van der Waals surface area (Å²) < 4.78 is 11.0. The number of anilines is 1. The number of aromatic nitrogens is 1. The zero-order valence-electron chi connectivity index (χ0n) is 15.1. The second kappa shape index (κ2) is 8.31. The number of carbonyl (C=O) groups excluding carboxylic acids is 1. The average molecular weight is 363 g/mol. The lowest BCUT2D eigenvalue weighted by atomic mass is 10.1. The third kappa shape index (κ3) is 6.03. The van der Waals surface area contributed by atoms with Crippen molar-refractivity contribution in [2.24, 2.45) is 0 Å². The van der Waals surface area contributed by atoms with Crippen LogP contribution in [0.3, 0.4) is 0 Å². The van der Waals surface area contributed by atoms with Crippen LogP contribution in [0.1, 0.15) is 26.3 Å². The van der Waals surface area contributed by atoms with Crippen molar-refractivity contribution in [3.63, 3.8) is 0 Å². The first kappa shape index (κ1) is 19.2. The molecule has 1 aromatic carbocycles. The van der Waals surface area contributed by atoms with Crippen molar-refractivity contribution in [3.05, 3.63) is 35.2 Å². The molecule has 1 amide bonds. The van der Waals surface area contributed by atoms with Gasteiger partial charge < -0.3 is 20.1 Å². The molecule has 1 heterocycles. The molecule has 2 N–H and O–H groups in total. The van der Waals surface area contributed by atoms with Gasteiger partial charge in [0.1, 0.15) is 5.60 Å². The van der Waals surface area contributed by atoms with Crippen LogP contribution in [0.5, 0.6) is 0 Å². The normalized spacial score (nSPS) is 11.4. The number of nitrogen functional groups attached to an aromatic ring is 1. The first-order chi connectivity index (χ1) is 11.8. The van der Waals surface area contributed by atoms with Gasteiger partial charge in [0.15, 0.2) is 5.13 Å². The summed E-state index contributed by atoms with van der Waals surface area (Å²) in [5, 5.41) is 2.48. The molecule has 0 atom stereocenters. The summed E-state index contributed by atoms with van der Waals surface area (Å²) in [5.41, 5.74) is 8.12. The molecule has 0 unspecified atom stereocenters. The largest absolute Gasteiger partial charge is 0.444 e. The van der Waals surface area contributed by atoms with Crippen LogP contribution in [0, 0.1) is 0 Å². The van der Waals surface area contributed by atoms with Crippen molar-refractivity contribution >= 4 is 22.6 Å². The molecule has 2 rings (SSSR count). The standard InChI is InChI=1S/C18H25N3O3S/c1-18(2,3)24-17(22)21(4)9-10-23-11-13-7-5-6-8-14(13)15-12-25-16(19)20-15/h5-8,12H,9-11H2,1-4H3,(H2,19,20). The van der Waals surface area contributed by atoms with Crippen LogP contribution in [-0.4, -0.2) is 41.8 Å². The van der Waals surface area contributed by atoms with Crippen LogP contribution in [-0.2, 0) is 16.1 Å². The summed E-state index contributed by atoms with van der Waals surface area (Å²) in [4.78, 5) is 17.7. The highest BCUT2D eigenvalue weighted by Crippen LogP contribution is 2.26. The van der Waals surface area contributed by atoms with E-state index in [0.29, 0.717) is 24.9 Å². The van der Waals surface area contributed by atoms with E-state index >= 15 is 0 Å². The number of hydrogen-bond donors (Lipinski definition) is 1. The van der Waals surface area contributed by atoms with Gasteiger partial charge in [-0.15, -0.1) is 11.3 Å². The van der Waals surface area contributed by atoms with Gasteiger partial charge in [0.05, 0.1) is 18.9 Å². The van der Waals surface area contributed by atoms with Crippen molar-refractivity contribution < 1.29 is 14.3 Å². The van der Waals surface area contributed by atoms with Gasteiger partial charge in [-0.2, -0.15) is 0 Å². The minimum absolute atomic E-state index is 0.352. The van der Waals surface area contributed by atoms with E-state index in [4.69, 9.17) is 15.2 Å². The Balaban J connectivity index is 1.86. The molecule has 25 heavy (non-hydrogen) atoms. The van der Waals surface area contributed by atoms with Crippen LogP contribution >= 0.6 is 11.3 Å². The lowest BCUT2D eigenvalue weighted by Gasteiger charge is -2.24. The number of ether oxygens (including phenoxy) is 2. The van der Waals surface area contributed by atoms with Gasteiger partial charge in [0.2, 0.25) is 0 Å². The first-order valence-corrected chi connectivity index (χ1v) is 8.95. The van der Waals surface area contributed by atoms with Gasteiger partial charge in [-0.25, -0.2) is 9.78 Å². The Morgan fingerprint density at radius 1 is 1.32 bits per heavy atom. The quantitative estimate of drug-likeness (QED) is 0.790. The number of nitrogens with two attached hydrogens (primary N) is 1. The third-order valence-corrected chi connectivity index (χ3v) is 4.02. The van der Waals surface area contributed by atoms with Gasteiger partial charge in [-0.3, -0.25) is 0 Å². The van der Waals surface area contributed by atoms with Crippen LogP contribution in [0.4, 0.5) is 9.93 Å². The Morgan fingerprint density at radius 3 is 2.68 bits per heavy atom. The Morgan fingerprint density at radius 2 is 2.04 bits per heavy atom. The highest BCUT2D eigenvalue weighted by atomic mass is 32.1. The second-order valence-electron chi connectivity index (χ2n) is 6.68. The van der Waals surface area contributed by atoms with Crippen molar-refractivity contribution in [3.8, 4) is 11.3 Å². The van der Waals surface area contributed by atoms with E-state index in [1.165, 1.54) is 16.2 Å². The van der Waals surface area contributed by atoms with Crippen LogP contribution in [0.25, 0.3) is 11.3 Å². The van der Waals surface area contributed by atoms with E-state index in [1.54, 1.807) is 7.05 Å². The lowest BCUT2D eigenvalue weighted by Crippen LogP contribution is -2.36. The fourth-order valence-electron chi connectivity index (χ4n) is 2.12. The third-order valence-electron chi connectivity index (χ3n) is 3.35. The summed E-state index contributed by atoms with van der Waals surface area (Å²) in [6.45, 7) is 6.85. The molecule has 136 valence electrons. The molecule has 0 aliphatic heterocycles. The van der Waals surface area contributed by atoms with Crippen molar-refractivity contribution in [2.45, 2.75) is 33.0 Å². The molecule has 7 heteroatoms. The van der Waals surface area contributed by atoms with Gasteiger partial charge in [0.25, 0.3) is 0 Å². The van der Waals surface area contributed by atoms with E-state index in [9.17, 15) is 4.79 Å². The first-order valence-electron chi connectivity index (χ1n) is 8.07. The monoisotopic (exact) mass is 363 g/mol. The Hall–Kier alpha value is -2.12. The molecule has 0 bridgehead atoms. The van der Waals surface area contributed by atoms with E-state index in [1.807, 2.05) is 50.4 Å². The molecule has 6 nitrogen and oxygen atoms in total. The number of nitrogens with zero attached hydrogens (tertiary/aromatic N) is 2. The molecular formula is C18H25N3O3S. The molecular weight excluding hydrogens is 338 g/mol. The zero-order chi connectivity index (χ0) is 18.4. The van der Waals surface area contributed by atoms with E-state index in [-0.39, 0.29) is 6.09 Å². The molecule has 0 aliphatic rings. The predicted octanol–water partition coefficient (Wildman–Crippen LogP) is 3.78. The number of rotatable bonds is 6.